The fraction of sp³-hybridized carbons (Fsp3) is 1.00. The molecule has 2 rings (SSSR count). The minimum Gasteiger partial charge on any atom is -0.309 e. The molecule has 0 bridgehead atoms. The van der Waals surface area contributed by atoms with Crippen LogP contribution in [0.4, 0.5) is 0 Å². The van der Waals surface area contributed by atoms with Crippen LogP contribution in [-0.4, -0.2) is 50.1 Å². The van der Waals surface area contributed by atoms with Crippen LogP contribution in [0, 0.1) is 17.3 Å². The predicted octanol–water partition coefficient (Wildman–Crippen LogP) is 4.29. The van der Waals surface area contributed by atoms with Gasteiger partial charge >= 0.3 is 0 Å². The Hall–Kier alpha value is 0.210. The standard InChI is InChI=1S/C18H36N2.ClH/c1-16(2)17-6-8-18(9-7-17)10-14-20(15-11-18)13-5-12-19(3)4;/h16-17H,5-15H2,1-4H3;1H. The first-order chi connectivity index (χ1) is 9.51. The maximum Gasteiger partial charge on any atom is -0.000654 e. The summed E-state index contributed by atoms with van der Waals surface area (Å²) in [7, 11) is 4.36. The van der Waals surface area contributed by atoms with Gasteiger partial charge in [0.2, 0.25) is 0 Å². The molecule has 0 radical (unpaired) electrons. The summed E-state index contributed by atoms with van der Waals surface area (Å²) < 4.78 is 0. The van der Waals surface area contributed by atoms with Crippen LogP contribution in [0.3, 0.4) is 0 Å². The smallest absolute Gasteiger partial charge is 0.000654 e. The molecule has 1 saturated carbocycles. The van der Waals surface area contributed by atoms with Crippen molar-refractivity contribution in [3.8, 4) is 0 Å². The molecule has 0 aromatic heterocycles. The average Bonchev–Trinajstić information content (AvgIpc) is 2.41. The summed E-state index contributed by atoms with van der Waals surface area (Å²) in [5.41, 5.74) is 0.740. The van der Waals surface area contributed by atoms with E-state index in [1.807, 2.05) is 0 Å². The maximum atomic E-state index is 2.71. The van der Waals surface area contributed by atoms with Crippen LogP contribution < -0.4 is 0 Å². The van der Waals surface area contributed by atoms with Crippen molar-refractivity contribution in [3.63, 3.8) is 0 Å². The lowest BCUT2D eigenvalue weighted by Crippen LogP contribution is -2.43. The molecule has 1 spiro atoms. The lowest BCUT2D eigenvalue weighted by Gasteiger charge is -2.46. The summed E-state index contributed by atoms with van der Waals surface area (Å²) in [6.07, 6.45) is 10.3. The molecule has 0 unspecified atom stereocenters. The summed E-state index contributed by atoms with van der Waals surface area (Å²) >= 11 is 0. The van der Waals surface area contributed by atoms with E-state index < -0.39 is 0 Å². The number of piperidine rings is 1. The van der Waals surface area contributed by atoms with Crippen LogP contribution in [0.25, 0.3) is 0 Å². The second kappa shape index (κ2) is 8.74. The van der Waals surface area contributed by atoms with Gasteiger partial charge in [0.05, 0.1) is 0 Å². The Kier molecular flexibility index (Phi) is 8.02. The van der Waals surface area contributed by atoms with Crippen LogP contribution in [0.5, 0.6) is 0 Å². The van der Waals surface area contributed by atoms with E-state index in [1.54, 1.807) is 0 Å². The summed E-state index contributed by atoms with van der Waals surface area (Å²) in [5, 5.41) is 0. The van der Waals surface area contributed by atoms with Gasteiger partial charge in [-0.2, -0.15) is 0 Å². The summed E-state index contributed by atoms with van der Waals surface area (Å²) in [4.78, 5) is 5.02. The van der Waals surface area contributed by atoms with Crippen molar-refractivity contribution in [2.24, 2.45) is 17.3 Å². The number of hydrogen-bond acceptors (Lipinski definition) is 2. The van der Waals surface area contributed by atoms with Gasteiger partial charge in [-0.3, -0.25) is 0 Å². The summed E-state index contributed by atoms with van der Waals surface area (Å²) in [5.74, 6) is 1.91. The first kappa shape index (κ1) is 19.3. The molecule has 1 saturated heterocycles. The number of hydrogen-bond donors (Lipinski definition) is 0. The van der Waals surface area contributed by atoms with E-state index in [4.69, 9.17) is 0 Å². The molecular weight excluding hydrogens is 280 g/mol. The van der Waals surface area contributed by atoms with Gasteiger partial charge in [-0.1, -0.05) is 13.8 Å². The van der Waals surface area contributed by atoms with Gasteiger partial charge in [0.25, 0.3) is 0 Å². The lowest BCUT2D eigenvalue weighted by atomic mass is 9.64. The lowest BCUT2D eigenvalue weighted by molar-refractivity contribution is 0.0430. The number of halogens is 1. The van der Waals surface area contributed by atoms with Crippen molar-refractivity contribution in [3.05, 3.63) is 0 Å². The predicted molar refractivity (Wildman–Crippen MR) is 95.3 cm³/mol. The Morgan fingerprint density at radius 3 is 2.10 bits per heavy atom. The molecule has 2 fully saturated rings. The number of likely N-dealkylation sites (tertiary alicyclic amines) is 1. The Bertz CT molecular complexity index is 273. The molecule has 0 aromatic rings. The molecule has 0 N–H and O–H groups in total. The molecule has 21 heavy (non-hydrogen) atoms. The van der Waals surface area contributed by atoms with E-state index in [2.05, 4.69) is 37.7 Å². The molecular formula is C18H37ClN2. The van der Waals surface area contributed by atoms with Crippen LogP contribution in [-0.2, 0) is 0 Å². The fourth-order valence-electron chi connectivity index (χ4n) is 4.28. The van der Waals surface area contributed by atoms with Crippen LogP contribution in [0.15, 0.2) is 0 Å². The maximum absolute atomic E-state index is 2.71. The van der Waals surface area contributed by atoms with Gasteiger partial charge in [-0.25, -0.2) is 0 Å². The molecule has 1 aliphatic carbocycles. The number of rotatable bonds is 5. The van der Waals surface area contributed by atoms with E-state index in [-0.39, 0.29) is 12.4 Å². The molecule has 1 aliphatic heterocycles. The highest BCUT2D eigenvalue weighted by Crippen LogP contribution is 2.47. The van der Waals surface area contributed by atoms with Crippen LogP contribution in [0.1, 0.15) is 58.8 Å². The average molecular weight is 317 g/mol. The highest BCUT2D eigenvalue weighted by Gasteiger charge is 2.38. The van der Waals surface area contributed by atoms with Gasteiger partial charge < -0.3 is 9.80 Å². The highest BCUT2D eigenvalue weighted by molar-refractivity contribution is 5.85. The molecule has 2 nitrogen and oxygen atoms in total. The topological polar surface area (TPSA) is 6.48 Å². The molecule has 3 heteroatoms. The number of nitrogens with zero attached hydrogens (tertiary/aromatic N) is 2. The monoisotopic (exact) mass is 316 g/mol. The highest BCUT2D eigenvalue weighted by atomic mass is 35.5. The quantitative estimate of drug-likeness (QED) is 0.746. The SMILES string of the molecule is CC(C)C1CCC2(CC1)CCN(CCCN(C)C)CC2.Cl. The van der Waals surface area contributed by atoms with E-state index in [0.29, 0.717) is 0 Å². The minimum absolute atomic E-state index is 0. The van der Waals surface area contributed by atoms with Gasteiger partial charge in [0, 0.05) is 0 Å². The van der Waals surface area contributed by atoms with Crippen LogP contribution in [0.2, 0.25) is 0 Å². The van der Waals surface area contributed by atoms with Gasteiger partial charge in [0.15, 0.2) is 0 Å². The second-order valence-electron chi connectivity index (χ2n) is 8.08. The van der Waals surface area contributed by atoms with Crippen molar-refractivity contribution in [1.82, 2.24) is 9.80 Å². The zero-order valence-electron chi connectivity index (χ0n) is 14.7. The van der Waals surface area contributed by atoms with E-state index >= 15 is 0 Å². The third kappa shape index (κ3) is 5.73. The second-order valence-corrected chi connectivity index (χ2v) is 8.08. The Labute approximate surface area is 139 Å². The Balaban J connectivity index is 0.00000220. The molecule has 0 amide bonds. The zero-order valence-corrected chi connectivity index (χ0v) is 15.6. The minimum atomic E-state index is 0. The largest absolute Gasteiger partial charge is 0.309 e. The first-order valence-corrected chi connectivity index (χ1v) is 8.88. The van der Waals surface area contributed by atoms with E-state index in [9.17, 15) is 0 Å². The van der Waals surface area contributed by atoms with Gasteiger partial charge in [0.1, 0.15) is 0 Å². The Morgan fingerprint density at radius 2 is 1.62 bits per heavy atom. The molecule has 126 valence electrons. The molecule has 2 aliphatic rings. The first-order valence-electron chi connectivity index (χ1n) is 8.88. The molecule has 0 aromatic carbocycles. The zero-order chi connectivity index (χ0) is 14.6. The van der Waals surface area contributed by atoms with Crippen molar-refractivity contribution >= 4 is 12.4 Å². The van der Waals surface area contributed by atoms with Crippen molar-refractivity contribution in [2.45, 2.75) is 58.8 Å². The van der Waals surface area contributed by atoms with E-state index in [1.165, 1.54) is 71.1 Å². The third-order valence-corrected chi connectivity index (χ3v) is 6.03. The summed E-state index contributed by atoms with van der Waals surface area (Å²) in [6, 6.07) is 0. The Morgan fingerprint density at radius 1 is 1.05 bits per heavy atom. The van der Waals surface area contributed by atoms with Gasteiger partial charge in [-0.15, -0.1) is 12.4 Å². The van der Waals surface area contributed by atoms with Crippen LogP contribution >= 0.6 is 12.4 Å². The normalized spacial score (nSPS) is 23.7. The summed E-state index contributed by atoms with van der Waals surface area (Å²) in [6.45, 7) is 10.1. The van der Waals surface area contributed by atoms with E-state index in [0.717, 1.165) is 17.3 Å². The fourth-order valence-corrected chi connectivity index (χ4v) is 4.28. The van der Waals surface area contributed by atoms with Crippen molar-refractivity contribution < 1.29 is 0 Å². The molecule has 1 heterocycles. The third-order valence-electron chi connectivity index (χ3n) is 6.03. The van der Waals surface area contributed by atoms with Crippen molar-refractivity contribution in [1.29, 1.82) is 0 Å². The van der Waals surface area contributed by atoms with Gasteiger partial charge in [-0.05, 0) is 102 Å². The van der Waals surface area contributed by atoms with Crippen molar-refractivity contribution in [2.75, 3.05) is 40.3 Å². The molecule has 0 atom stereocenters.